The molecule has 2 aromatic rings. The smallest absolute Gasteiger partial charge is 0.264 e. The Labute approximate surface area is 154 Å². The number of aromatic nitrogens is 2. The fourth-order valence-corrected chi connectivity index (χ4v) is 5.69. The van der Waals surface area contributed by atoms with Gasteiger partial charge in [0.15, 0.2) is 0 Å². The van der Waals surface area contributed by atoms with E-state index in [-0.39, 0.29) is 5.56 Å². The zero-order valence-corrected chi connectivity index (χ0v) is 16.4. The number of piperidine rings is 1. The van der Waals surface area contributed by atoms with Gasteiger partial charge in [0.1, 0.15) is 0 Å². The zero-order valence-electron chi connectivity index (χ0n) is 15.6. The second-order valence-corrected chi connectivity index (χ2v) is 9.40. The monoisotopic (exact) mass is 375 g/mol. The van der Waals surface area contributed by atoms with Gasteiger partial charge in [0.2, 0.25) is 10.0 Å². The van der Waals surface area contributed by atoms with Gasteiger partial charge in [0.25, 0.3) is 5.56 Å². The van der Waals surface area contributed by atoms with E-state index in [0.29, 0.717) is 41.1 Å². The topological polar surface area (TPSA) is 83.1 Å². The van der Waals surface area contributed by atoms with Gasteiger partial charge in [0, 0.05) is 24.7 Å². The summed E-state index contributed by atoms with van der Waals surface area (Å²) in [6, 6.07) is 6.56. The van der Waals surface area contributed by atoms with Crippen molar-refractivity contribution < 1.29 is 8.42 Å². The Morgan fingerprint density at radius 2 is 1.77 bits per heavy atom. The molecule has 2 heterocycles. The number of nitrogens with zero attached hydrogens (tertiary/aromatic N) is 2. The SMILES string of the molecule is Cc1cc(-c2ccc(=O)[nH]n2)cc(S(=O)(=O)N2CC(C)CC(C)C2)c1C. The molecule has 2 unspecified atom stereocenters. The van der Waals surface area contributed by atoms with Crippen molar-refractivity contribution in [1.82, 2.24) is 14.5 Å². The van der Waals surface area contributed by atoms with Gasteiger partial charge in [-0.3, -0.25) is 4.79 Å². The minimum atomic E-state index is -3.59. The molecule has 2 atom stereocenters. The lowest BCUT2D eigenvalue weighted by atomic mass is 9.94. The van der Waals surface area contributed by atoms with E-state index in [9.17, 15) is 13.2 Å². The number of H-pyrrole nitrogens is 1. The van der Waals surface area contributed by atoms with Gasteiger partial charge in [-0.15, -0.1) is 0 Å². The van der Waals surface area contributed by atoms with Gasteiger partial charge >= 0.3 is 0 Å². The molecule has 1 saturated heterocycles. The van der Waals surface area contributed by atoms with Crippen LogP contribution in [0.1, 0.15) is 31.4 Å². The number of hydrogen-bond donors (Lipinski definition) is 1. The first-order valence-corrected chi connectivity index (χ1v) is 10.3. The Morgan fingerprint density at radius 3 is 2.35 bits per heavy atom. The number of sulfonamides is 1. The summed E-state index contributed by atoms with van der Waals surface area (Å²) in [4.78, 5) is 11.6. The Hall–Kier alpha value is -1.99. The van der Waals surface area contributed by atoms with Crippen molar-refractivity contribution >= 4 is 10.0 Å². The summed E-state index contributed by atoms with van der Waals surface area (Å²) in [5, 5.41) is 6.43. The molecule has 3 rings (SSSR count). The number of aromatic amines is 1. The first kappa shape index (κ1) is 18.8. The third-order valence-electron chi connectivity index (χ3n) is 5.05. The maximum absolute atomic E-state index is 13.3. The van der Waals surface area contributed by atoms with Crippen molar-refractivity contribution in [1.29, 1.82) is 0 Å². The molecule has 26 heavy (non-hydrogen) atoms. The minimum absolute atomic E-state index is 0.290. The van der Waals surface area contributed by atoms with Crippen LogP contribution in [0.4, 0.5) is 0 Å². The van der Waals surface area contributed by atoms with Crippen LogP contribution in [-0.2, 0) is 10.0 Å². The molecule has 0 aliphatic carbocycles. The predicted molar refractivity (Wildman–Crippen MR) is 101 cm³/mol. The summed E-state index contributed by atoms with van der Waals surface area (Å²) in [6.45, 7) is 9.01. The van der Waals surface area contributed by atoms with Crippen molar-refractivity contribution in [2.45, 2.75) is 39.0 Å². The van der Waals surface area contributed by atoms with Gasteiger partial charge in [-0.25, -0.2) is 13.5 Å². The van der Waals surface area contributed by atoms with E-state index in [1.54, 1.807) is 16.4 Å². The first-order valence-electron chi connectivity index (χ1n) is 8.86. The molecule has 0 saturated carbocycles. The third kappa shape index (κ3) is 3.59. The quantitative estimate of drug-likeness (QED) is 0.894. The second-order valence-electron chi connectivity index (χ2n) is 7.49. The summed E-state index contributed by atoms with van der Waals surface area (Å²) in [6.07, 6.45) is 1.05. The lowest BCUT2D eigenvalue weighted by Gasteiger charge is -2.34. The largest absolute Gasteiger partial charge is 0.268 e. The molecular weight excluding hydrogens is 350 g/mol. The number of aryl methyl sites for hydroxylation is 1. The van der Waals surface area contributed by atoms with E-state index >= 15 is 0 Å². The minimum Gasteiger partial charge on any atom is -0.268 e. The Balaban J connectivity index is 2.09. The van der Waals surface area contributed by atoms with Crippen LogP contribution in [0.3, 0.4) is 0 Å². The third-order valence-corrected chi connectivity index (χ3v) is 7.01. The summed E-state index contributed by atoms with van der Waals surface area (Å²) >= 11 is 0. The molecule has 1 N–H and O–H groups in total. The van der Waals surface area contributed by atoms with E-state index < -0.39 is 10.0 Å². The molecule has 1 aromatic carbocycles. The zero-order chi connectivity index (χ0) is 19.1. The van der Waals surface area contributed by atoms with Gasteiger partial charge < -0.3 is 0 Å². The summed E-state index contributed by atoms with van der Waals surface area (Å²) < 4.78 is 28.3. The molecule has 1 aromatic heterocycles. The van der Waals surface area contributed by atoms with Crippen LogP contribution >= 0.6 is 0 Å². The molecular formula is C19H25N3O3S. The highest BCUT2D eigenvalue weighted by Crippen LogP contribution is 2.31. The molecule has 0 amide bonds. The Morgan fingerprint density at radius 1 is 1.12 bits per heavy atom. The molecule has 1 aliphatic heterocycles. The number of rotatable bonds is 3. The first-order chi connectivity index (χ1) is 12.2. The van der Waals surface area contributed by atoms with Crippen molar-refractivity contribution in [2.75, 3.05) is 13.1 Å². The molecule has 1 fully saturated rings. The number of benzene rings is 1. The molecule has 0 spiro atoms. The average molecular weight is 375 g/mol. The standard InChI is InChI=1S/C19H25N3O3S/c1-12-7-13(2)11-22(10-12)26(24,25)18-9-16(8-14(3)15(18)4)17-5-6-19(23)21-20-17/h5-6,8-9,12-13H,7,10-11H2,1-4H3,(H,21,23). The van der Waals surface area contributed by atoms with Crippen LogP contribution < -0.4 is 5.56 Å². The van der Waals surface area contributed by atoms with E-state index in [0.717, 1.165) is 17.5 Å². The summed E-state index contributed by atoms with van der Waals surface area (Å²) in [7, 11) is -3.59. The molecule has 1 aliphatic rings. The normalized spacial score (nSPS) is 21.7. The average Bonchev–Trinajstić information content (AvgIpc) is 2.57. The lowest BCUT2D eigenvalue weighted by Crippen LogP contribution is -2.42. The highest BCUT2D eigenvalue weighted by atomic mass is 32.2. The highest BCUT2D eigenvalue weighted by molar-refractivity contribution is 7.89. The van der Waals surface area contributed by atoms with Crippen LogP contribution in [0.15, 0.2) is 34.0 Å². The van der Waals surface area contributed by atoms with E-state index in [2.05, 4.69) is 24.0 Å². The second kappa shape index (κ2) is 6.96. The van der Waals surface area contributed by atoms with Gasteiger partial charge in [-0.2, -0.15) is 9.40 Å². The molecule has 7 heteroatoms. The molecule has 0 bridgehead atoms. The van der Waals surface area contributed by atoms with Gasteiger partial charge in [-0.05, 0) is 61.4 Å². The van der Waals surface area contributed by atoms with E-state index in [1.807, 2.05) is 19.9 Å². The molecule has 140 valence electrons. The van der Waals surface area contributed by atoms with Crippen LogP contribution in [0.25, 0.3) is 11.3 Å². The maximum Gasteiger partial charge on any atom is 0.264 e. The predicted octanol–water partition coefficient (Wildman–Crippen LogP) is 2.72. The van der Waals surface area contributed by atoms with Gasteiger partial charge in [-0.1, -0.05) is 13.8 Å². The van der Waals surface area contributed by atoms with Crippen molar-refractivity contribution in [2.24, 2.45) is 11.8 Å². The fourth-order valence-electron chi connectivity index (χ4n) is 3.69. The van der Waals surface area contributed by atoms with E-state index in [4.69, 9.17) is 0 Å². The van der Waals surface area contributed by atoms with Crippen LogP contribution in [0, 0.1) is 25.7 Å². The van der Waals surface area contributed by atoms with E-state index in [1.165, 1.54) is 6.07 Å². The van der Waals surface area contributed by atoms with Crippen LogP contribution in [0.2, 0.25) is 0 Å². The van der Waals surface area contributed by atoms with Crippen LogP contribution in [0.5, 0.6) is 0 Å². The molecule has 6 nitrogen and oxygen atoms in total. The fraction of sp³-hybridized carbons (Fsp3) is 0.474. The van der Waals surface area contributed by atoms with Crippen molar-refractivity contribution in [3.63, 3.8) is 0 Å². The summed E-state index contributed by atoms with van der Waals surface area (Å²) in [5.41, 5.74) is 2.57. The van der Waals surface area contributed by atoms with Crippen LogP contribution in [-0.4, -0.2) is 36.0 Å². The van der Waals surface area contributed by atoms with Crippen molar-refractivity contribution in [3.8, 4) is 11.3 Å². The maximum atomic E-state index is 13.3. The number of nitrogens with one attached hydrogen (secondary N) is 1. The highest BCUT2D eigenvalue weighted by Gasteiger charge is 2.33. The lowest BCUT2D eigenvalue weighted by molar-refractivity contribution is 0.222. The Kier molecular flexibility index (Phi) is 5.03. The summed E-state index contributed by atoms with van der Waals surface area (Å²) in [5.74, 6) is 0.693. The number of hydrogen-bond acceptors (Lipinski definition) is 4. The Bertz CT molecular complexity index is 952. The van der Waals surface area contributed by atoms with Crippen molar-refractivity contribution in [3.05, 3.63) is 45.7 Å². The molecule has 0 radical (unpaired) electrons. The van der Waals surface area contributed by atoms with Gasteiger partial charge in [0.05, 0.1) is 10.6 Å².